The average molecular weight is 523 g/mol. The number of rotatable bonds is 9. The number of nitro benzene ring substituents is 1. The molecule has 1 heterocycles. The number of nitro groups is 1. The Balaban J connectivity index is 1.51. The second-order valence-electron chi connectivity index (χ2n) is 8.02. The predicted molar refractivity (Wildman–Crippen MR) is 142 cm³/mol. The highest BCUT2D eigenvalue weighted by molar-refractivity contribution is 7.99. The molecule has 1 aromatic heterocycles. The molecule has 0 unspecified atom stereocenters. The Kier molecular flexibility index (Phi) is 7.87. The lowest BCUT2D eigenvalue weighted by Crippen LogP contribution is -2.15. The molecule has 3 aromatic carbocycles. The highest BCUT2D eigenvalue weighted by Gasteiger charge is 2.17. The molecule has 0 atom stereocenters. The van der Waals surface area contributed by atoms with E-state index in [1.54, 1.807) is 25.1 Å². The summed E-state index contributed by atoms with van der Waals surface area (Å²) in [5, 5.41) is 27.0. The highest BCUT2D eigenvalue weighted by atomic mass is 35.5. The minimum absolute atomic E-state index is 0.0409. The second kappa shape index (κ2) is 11.2. The fourth-order valence-corrected chi connectivity index (χ4v) is 4.28. The Labute approximate surface area is 217 Å². The number of nitrogens with one attached hydrogen (secondary N) is 2. The van der Waals surface area contributed by atoms with Crippen LogP contribution >= 0.6 is 23.4 Å². The molecule has 184 valence electrons. The van der Waals surface area contributed by atoms with Gasteiger partial charge in [0.2, 0.25) is 5.91 Å². The largest absolute Gasteiger partial charge is 0.378 e. The maximum atomic E-state index is 12.7. The van der Waals surface area contributed by atoms with Crippen LogP contribution in [0.1, 0.15) is 17.0 Å². The van der Waals surface area contributed by atoms with Gasteiger partial charge in [0.1, 0.15) is 0 Å². The van der Waals surface area contributed by atoms with Crippen molar-refractivity contribution in [2.75, 3.05) is 16.4 Å². The van der Waals surface area contributed by atoms with E-state index in [0.29, 0.717) is 28.2 Å². The molecule has 4 aromatic rings. The fraction of sp³-hybridized carbons (Fsp3) is 0.160. The predicted octanol–water partition coefficient (Wildman–Crippen LogP) is 5.79. The molecule has 0 fully saturated rings. The van der Waals surface area contributed by atoms with Gasteiger partial charge in [-0.1, -0.05) is 47.1 Å². The van der Waals surface area contributed by atoms with Crippen molar-refractivity contribution in [3.05, 3.63) is 98.8 Å². The summed E-state index contributed by atoms with van der Waals surface area (Å²) in [6.07, 6.45) is 0. The van der Waals surface area contributed by atoms with Crippen LogP contribution in [0, 0.1) is 24.0 Å². The first-order valence-corrected chi connectivity index (χ1v) is 12.3. The van der Waals surface area contributed by atoms with Crippen molar-refractivity contribution in [2.45, 2.75) is 25.5 Å². The molecular formula is C25H23ClN6O3S. The molecule has 2 N–H and O–H groups in total. The van der Waals surface area contributed by atoms with E-state index in [-0.39, 0.29) is 17.3 Å². The molecule has 0 saturated heterocycles. The number of anilines is 2. The van der Waals surface area contributed by atoms with Crippen LogP contribution in [0.25, 0.3) is 5.69 Å². The normalized spacial score (nSPS) is 10.8. The van der Waals surface area contributed by atoms with Gasteiger partial charge in [-0.25, -0.2) is 0 Å². The van der Waals surface area contributed by atoms with Crippen molar-refractivity contribution in [3.63, 3.8) is 0 Å². The first kappa shape index (κ1) is 25.2. The lowest BCUT2D eigenvalue weighted by molar-refractivity contribution is -0.384. The minimum atomic E-state index is -0.495. The molecule has 0 saturated carbocycles. The number of hydrogen-bond donors (Lipinski definition) is 2. The third-order valence-electron chi connectivity index (χ3n) is 5.33. The molecule has 9 nitrogen and oxygen atoms in total. The highest BCUT2D eigenvalue weighted by Crippen LogP contribution is 2.26. The lowest BCUT2D eigenvalue weighted by atomic mass is 10.2. The number of carbonyl (C=O) groups is 1. The van der Waals surface area contributed by atoms with Crippen LogP contribution in [0.2, 0.25) is 5.02 Å². The van der Waals surface area contributed by atoms with E-state index in [2.05, 4.69) is 20.8 Å². The molecule has 1 amide bonds. The van der Waals surface area contributed by atoms with Crippen LogP contribution in [-0.2, 0) is 11.3 Å². The van der Waals surface area contributed by atoms with Crippen molar-refractivity contribution >= 4 is 46.3 Å². The lowest BCUT2D eigenvalue weighted by Gasteiger charge is -2.12. The minimum Gasteiger partial charge on any atom is -0.378 e. The Morgan fingerprint density at radius 2 is 1.78 bits per heavy atom. The summed E-state index contributed by atoms with van der Waals surface area (Å²) >= 11 is 7.29. The monoisotopic (exact) mass is 522 g/mol. The van der Waals surface area contributed by atoms with E-state index in [1.807, 2.05) is 47.9 Å². The number of thioether (sulfide) groups is 1. The van der Waals surface area contributed by atoms with Gasteiger partial charge in [0.25, 0.3) is 5.69 Å². The zero-order valence-electron chi connectivity index (χ0n) is 19.6. The summed E-state index contributed by atoms with van der Waals surface area (Å²) in [4.78, 5) is 23.2. The van der Waals surface area contributed by atoms with Crippen LogP contribution in [0.5, 0.6) is 0 Å². The van der Waals surface area contributed by atoms with Crippen LogP contribution < -0.4 is 10.6 Å². The van der Waals surface area contributed by atoms with Gasteiger partial charge in [-0.15, -0.1) is 10.2 Å². The maximum Gasteiger partial charge on any atom is 0.271 e. The molecule has 0 radical (unpaired) electrons. The van der Waals surface area contributed by atoms with Crippen LogP contribution in [0.3, 0.4) is 0 Å². The number of amides is 1. The first-order valence-electron chi connectivity index (χ1n) is 11.0. The molecular weight excluding hydrogens is 500 g/mol. The van der Waals surface area contributed by atoms with Crippen molar-refractivity contribution in [3.8, 4) is 5.69 Å². The van der Waals surface area contributed by atoms with Crippen LogP contribution in [0.15, 0.2) is 71.9 Å². The van der Waals surface area contributed by atoms with Crippen molar-refractivity contribution < 1.29 is 9.72 Å². The van der Waals surface area contributed by atoms with Crippen molar-refractivity contribution in [1.82, 2.24) is 14.8 Å². The third-order valence-corrected chi connectivity index (χ3v) is 6.51. The molecule has 36 heavy (non-hydrogen) atoms. The second-order valence-corrected chi connectivity index (χ2v) is 9.40. The maximum absolute atomic E-state index is 12.7. The van der Waals surface area contributed by atoms with Gasteiger partial charge < -0.3 is 10.6 Å². The zero-order valence-corrected chi connectivity index (χ0v) is 21.1. The molecule has 0 spiro atoms. The number of nitrogens with zero attached hydrogens (tertiary/aromatic N) is 4. The fourth-order valence-electron chi connectivity index (χ4n) is 3.38. The van der Waals surface area contributed by atoms with Crippen molar-refractivity contribution in [2.24, 2.45) is 0 Å². The van der Waals surface area contributed by atoms with E-state index >= 15 is 0 Å². The summed E-state index contributed by atoms with van der Waals surface area (Å²) in [6, 6.07) is 19.7. The smallest absolute Gasteiger partial charge is 0.271 e. The average Bonchev–Trinajstić information content (AvgIpc) is 3.27. The number of hydrogen-bond acceptors (Lipinski definition) is 7. The Hall–Kier alpha value is -3.89. The molecule has 0 bridgehead atoms. The molecule has 0 aliphatic carbocycles. The standard InChI is InChI=1S/C25H23ClN6O3S/c1-16-3-8-19(9-4-16)27-14-23-29-30-25(31(23)20-11-6-18(26)7-12-20)36-15-24(33)28-22-13-21(32(34)35)10-5-17(22)2/h3-13,27H,14-15H2,1-2H3,(H,28,33). The summed E-state index contributed by atoms with van der Waals surface area (Å²) in [7, 11) is 0. The Morgan fingerprint density at radius 1 is 1.06 bits per heavy atom. The van der Waals surface area contributed by atoms with E-state index < -0.39 is 4.92 Å². The molecule has 0 aliphatic rings. The van der Waals surface area contributed by atoms with Gasteiger partial charge in [0.15, 0.2) is 11.0 Å². The van der Waals surface area contributed by atoms with Gasteiger partial charge in [-0.05, 0) is 55.8 Å². The quantitative estimate of drug-likeness (QED) is 0.162. The summed E-state index contributed by atoms with van der Waals surface area (Å²) < 4.78 is 1.87. The number of halogens is 1. The van der Waals surface area contributed by atoms with Gasteiger partial charge in [-0.3, -0.25) is 19.5 Å². The zero-order chi connectivity index (χ0) is 25.7. The van der Waals surface area contributed by atoms with E-state index in [1.165, 1.54) is 29.5 Å². The molecule has 11 heteroatoms. The van der Waals surface area contributed by atoms with Gasteiger partial charge >= 0.3 is 0 Å². The number of carbonyl (C=O) groups excluding carboxylic acids is 1. The summed E-state index contributed by atoms with van der Waals surface area (Å²) in [5.41, 5.74) is 3.97. The van der Waals surface area contributed by atoms with Gasteiger partial charge in [-0.2, -0.15) is 0 Å². The van der Waals surface area contributed by atoms with Crippen molar-refractivity contribution in [1.29, 1.82) is 0 Å². The van der Waals surface area contributed by atoms with Gasteiger partial charge in [0.05, 0.1) is 22.9 Å². The molecule has 0 aliphatic heterocycles. The van der Waals surface area contributed by atoms with E-state index in [0.717, 1.165) is 16.9 Å². The Morgan fingerprint density at radius 3 is 2.47 bits per heavy atom. The van der Waals surface area contributed by atoms with Crippen LogP contribution in [-0.4, -0.2) is 31.3 Å². The summed E-state index contributed by atoms with van der Waals surface area (Å²) in [6.45, 7) is 4.22. The van der Waals surface area contributed by atoms with E-state index in [4.69, 9.17) is 11.6 Å². The first-order chi connectivity index (χ1) is 17.3. The number of non-ortho nitro benzene ring substituents is 1. The van der Waals surface area contributed by atoms with E-state index in [9.17, 15) is 14.9 Å². The topological polar surface area (TPSA) is 115 Å². The summed E-state index contributed by atoms with van der Waals surface area (Å²) in [5.74, 6) is 0.392. The third kappa shape index (κ3) is 6.21. The number of benzene rings is 3. The number of aromatic nitrogens is 3. The SMILES string of the molecule is Cc1ccc(NCc2nnc(SCC(=O)Nc3cc([N+](=O)[O-])ccc3C)n2-c2ccc(Cl)cc2)cc1. The van der Waals surface area contributed by atoms with Crippen LogP contribution in [0.4, 0.5) is 17.1 Å². The Bertz CT molecular complexity index is 1390. The molecule has 4 rings (SSSR count). The van der Waals surface area contributed by atoms with Gasteiger partial charge in [0, 0.05) is 28.5 Å². The number of aryl methyl sites for hydroxylation is 2.